The van der Waals surface area contributed by atoms with Crippen LogP contribution in [0.2, 0.25) is 0 Å². The van der Waals surface area contributed by atoms with Crippen LogP contribution in [-0.4, -0.2) is 30.9 Å². The maximum atomic E-state index is 11.4. The lowest BCUT2D eigenvalue weighted by Gasteiger charge is -2.10. The number of aromatic nitrogens is 3. The van der Waals surface area contributed by atoms with Gasteiger partial charge in [-0.05, 0) is 18.6 Å². The van der Waals surface area contributed by atoms with Crippen LogP contribution in [0.4, 0.5) is 5.13 Å². The molecule has 1 aliphatic heterocycles. The summed E-state index contributed by atoms with van der Waals surface area (Å²) in [4.78, 5) is 21.7. The summed E-state index contributed by atoms with van der Waals surface area (Å²) in [5, 5.41) is 12.8. The smallest absolute Gasteiger partial charge is 0.280 e. The van der Waals surface area contributed by atoms with Gasteiger partial charge < -0.3 is 5.32 Å². The van der Waals surface area contributed by atoms with E-state index in [1.54, 1.807) is 11.6 Å². The average molecular weight is 359 g/mol. The molecule has 0 saturated carbocycles. The van der Waals surface area contributed by atoms with Crippen molar-refractivity contribution in [2.24, 2.45) is 0 Å². The number of pyridine rings is 1. The molecular formula is C15H13N5O2S2. The van der Waals surface area contributed by atoms with Crippen LogP contribution >= 0.6 is 23.1 Å². The van der Waals surface area contributed by atoms with Gasteiger partial charge in [0, 0.05) is 12.4 Å². The van der Waals surface area contributed by atoms with E-state index in [9.17, 15) is 4.79 Å². The summed E-state index contributed by atoms with van der Waals surface area (Å²) < 4.78 is 2.02. The fourth-order valence-corrected chi connectivity index (χ4v) is 4.43. The van der Waals surface area contributed by atoms with Crippen LogP contribution in [0.15, 0.2) is 47.8 Å². The molecular weight excluding hydrogens is 346 g/mol. The quantitative estimate of drug-likeness (QED) is 0.490. The van der Waals surface area contributed by atoms with Gasteiger partial charge in [-0.3, -0.25) is 14.4 Å². The Kier molecular flexibility index (Phi) is 3.97. The lowest BCUT2D eigenvalue weighted by Crippen LogP contribution is -2.19. The molecule has 0 saturated heterocycles. The minimum atomic E-state index is -0.477. The molecule has 0 bridgehead atoms. The van der Waals surface area contributed by atoms with E-state index in [2.05, 4.69) is 15.3 Å². The molecule has 7 nitrogen and oxygen atoms in total. The van der Waals surface area contributed by atoms with Crippen molar-refractivity contribution >= 4 is 39.8 Å². The highest BCUT2D eigenvalue weighted by molar-refractivity contribution is 8.04. The topological polar surface area (TPSA) is 91.5 Å². The van der Waals surface area contributed by atoms with Gasteiger partial charge in [0.05, 0.1) is 27.0 Å². The summed E-state index contributed by atoms with van der Waals surface area (Å²) in [6.45, 7) is 0. The van der Waals surface area contributed by atoms with Crippen molar-refractivity contribution in [3.8, 4) is 10.6 Å². The maximum Gasteiger partial charge on any atom is 0.280 e. The Morgan fingerprint density at radius 2 is 2.25 bits per heavy atom. The highest BCUT2D eigenvalue weighted by Gasteiger charge is 2.23. The number of fused-ring (bicyclic) bond motifs is 1. The minimum Gasteiger partial charge on any atom is -0.349 e. The molecule has 0 aromatic carbocycles. The Morgan fingerprint density at radius 1 is 1.33 bits per heavy atom. The van der Waals surface area contributed by atoms with Crippen LogP contribution in [0, 0.1) is 0 Å². The first-order valence-corrected chi connectivity index (χ1v) is 8.90. The van der Waals surface area contributed by atoms with Gasteiger partial charge in [-0.25, -0.2) is 15.4 Å². The van der Waals surface area contributed by atoms with E-state index in [0.29, 0.717) is 11.3 Å². The van der Waals surface area contributed by atoms with E-state index in [-0.39, 0.29) is 5.37 Å². The van der Waals surface area contributed by atoms with E-state index < -0.39 is 5.91 Å². The van der Waals surface area contributed by atoms with Crippen LogP contribution in [0.5, 0.6) is 0 Å². The van der Waals surface area contributed by atoms with Gasteiger partial charge in [0.15, 0.2) is 5.13 Å². The van der Waals surface area contributed by atoms with Gasteiger partial charge in [-0.1, -0.05) is 35.2 Å². The number of carbonyl (C=O) groups is 1. The normalized spacial score (nSPS) is 17.0. The molecule has 3 aromatic rings. The zero-order chi connectivity index (χ0) is 16.5. The lowest BCUT2D eigenvalue weighted by molar-refractivity contribution is -0.124. The number of nitrogens with zero attached hydrogens (tertiary/aromatic N) is 3. The van der Waals surface area contributed by atoms with Crippen molar-refractivity contribution < 1.29 is 10.0 Å². The molecule has 0 fully saturated rings. The third-order valence-electron chi connectivity index (χ3n) is 3.57. The molecule has 24 heavy (non-hydrogen) atoms. The summed E-state index contributed by atoms with van der Waals surface area (Å²) in [7, 11) is 0. The van der Waals surface area contributed by atoms with Crippen molar-refractivity contribution in [1.82, 2.24) is 19.8 Å². The van der Waals surface area contributed by atoms with Gasteiger partial charge in [0.1, 0.15) is 5.65 Å². The van der Waals surface area contributed by atoms with Crippen molar-refractivity contribution in [2.45, 2.75) is 11.8 Å². The van der Waals surface area contributed by atoms with Gasteiger partial charge in [0.2, 0.25) is 0 Å². The molecule has 0 spiro atoms. The van der Waals surface area contributed by atoms with Crippen LogP contribution in [0.3, 0.4) is 0 Å². The number of thioether (sulfide) groups is 1. The van der Waals surface area contributed by atoms with Gasteiger partial charge >= 0.3 is 0 Å². The molecule has 0 aliphatic carbocycles. The largest absolute Gasteiger partial charge is 0.349 e. The van der Waals surface area contributed by atoms with Crippen LogP contribution in [-0.2, 0) is 4.79 Å². The third kappa shape index (κ3) is 2.77. The fraction of sp³-hybridized carbons (Fsp3) is 0.133. The Balaban J connectivity index is 1.49. The summed E-state index contributed by atoms with van der Waals surface area (Å²) in [5.41, 5.74) is 3.54. The molecule has 9 heteroatoms. The highest BCUT2D eigenvalue weighted by Crippen LogP contribution is 2.35. The molecule has 1 amide bonds. The van der Waals surface area contributed by atoms with Crippen LogP contribution in [0.25, 0.3) is 16.2 Å². The number of carbonyl (C=O) groups excluding carboxylic acids is 1. The number of anilines is 1. The average Bonchev–Trinajstić information content (AvgIpc) is 3.33. The molecule has 4 heterocycles. The van der Waals surface area contributed by atoms with E-state index in [1.807, 2.05) is 41.2 Å². The van der Waals surface area contributed by atoms with Crippen molar-refractivity contribution in [2.75, 3.05) is 5.32 Å². The Morgan fingerprint density at radius 3 is 3.12 bits per heavy atom. The summed E-state index contributed by atoms with van der Waals surface area (Å²) in [6.07, 6.45) is 8.12. The molecule has 4 rings (SSSR count). The molecule has 122 valence electrons. The first kappa shape index (κ1) is 15.2. The first-order valence-electron chi connectivity index (χ1n) is 7.20. The van der Waals surface area contributed by atoms with E-state index in [1.165, 1.54) is 23.1 Å². The molecule has 3 aromatic heterocycles. The molecule has 1 aliphatic rings. The fourth-order valence-electron chi connectivity index (χ4n) is 2.47. The second-order valence-corrected chi connectivity index (χ2v) is 7.37. The zero-order valence-corrected chi connectivity index (χ0v) is 14.0. The number of rotatable bonds is 4. The third-order valence-corrected chi connectivity index (χ3v) is 5.72. The predicted molar refractivity (Wildman–Crippen MR) is 93.9 cm³/mol. The number of hydrogen-bond donors (Lipinski definition) is 3. The molecule has 1 unspecified atom stereocenters. The number of hydroxylamine groups is 1. The SMILES string of the molecule is O=C(NO)C1=CCC(Nc2ncc(-c3cnc4ccccn34)s2)S1. The summed E-state index contributed by atoms with van der Waals surface area (Å²) >= 11 is 2.91. The number of nitrogens with one attached hydrogen (secondary N) is 2. The van der Waals surface area contributed by atoms with Gasteiger partial charge in [-0.2, -0.15) is 0 Å². The molecule has 3 N–H and O–H groups in total. The van der Waals surface area contributed by atoms with Crippen molar-refractivity contribution in [1.29, 1.82) is 0 Å². The molecule has 1 atom stereocenters. The minimum absolute atomic E-state index is 0.0264. The first-order chi connectivity index (χ1) is 11.7. The number of thiazole rings is 1. The standard InChI is InChI=1S/C15H13N5O2S2/c21-14(19-22)10-4-5-13(23-10)18-15-17-8-11(24-15)9-7-16-12-3-1-2-6-20(9)12/h1-4,6-8,13,22H,5H2,(H,17,18)(H,19,21). The monoisotopic (exact) mass is 359 g/mol. The molecule has 0 radical (unpaired) electrons. The van der Waals surface area contributed by atoms with Gasteiger partial charge in [0.25, 0.3) is 5.91 Å². The maximum absolute atomic E-state index is 11.4. The number of amides is 1. The predicted octanol–water partition coefficient (Wildman–Crippen LogP) is 2.72. The van der Waals surface area contributed by atoms with Crippen LogP contribution < -0.4 is 10.8 Å². The van der Waals surface area contributed by atoms with Crippen molar-refractivity contribution in [3.63, 3.8) is 0 Å². The van der Waals surface area contributed by atoms with Gasteiger partial charge in [-0.15, -0.1) is 0 Å². The zero-order valence-electron chi connectivity index (χ0n) is 12.3. The van der Waals surface area contributed by atoms with E-state index in [0.717, 1.165) is 21.3 Å². The number of hydrogen-bond acceptors (Lipinski definition) is 7. The Labute approximate surface area is 145 Å². The second-order valence-electron chi connectivity index (χ2n) is 5.10. The highest BCUT2D eigenvalue weighted by atomic mass is 32.2. The van der Waals surface area contributed by atoms with Crippen LogP contribution in [0.1, 0.15) is 6.42 Å². The Hall–Kier alpha value is -2.36. The lowest BCUT2D eigenvalue weighted by atomic mass is 10.3. The number of imidazole rings is 1. The van der Waals surface area contributed by atoms with E-state index in [4.69, 9.17) is 5.21 Å². The summed E-state index contributed by atoms with van der Waals surface area (Å²) in [6, 6.07) is 5.88. The van der Waals surface area contributed by atoms with Crippen molar-refractivity contribution in [3.05, 3.63) is 47.8 Å². The van der Waals surface area contributed by atoms with E-state index >= 15 is 0 Å². The summed E-state index contributed by atoms with van der Waals surface area (Å²) in [5.74, 6) is -0.477. The Bertz CT molecular complexity index is 933. The second kappa shape index (κ2) is 6.27.